The Kier molecular flexibility index (Phi) is 6.16. The van der Waals surface area contributed by atoms with Gasteiger partial charge in [0.2, 0.25) is 0 Å². The number of hydrogen-bond donors (Lipinski definition) is 1. The van der Waals surface area contributed by atoms with Gasteiger partial charge in [-0.15, -0.1) is 11.6 Å². The molecule has 0 bridgehead atoms. The van der Waals surface area contributed by atoms with Gasteiger partial charge in [-0.25, -0.2) is 0 Å². The highest BCUT2D eigenvalue weighted by Crippen LogP contribution is 2.19. The molecule has 0 radical (unpaired) electrons. The summed E-state index contributed by atoms with van der Waals surface area (Å²) in [5.41, 5.74) is 1.60. The largest absolute Gasteiger partial charge is 0.496 e. The van der Waals surface area contributed by atoms with Crippen molar-refractivity contribution < 1.29 is 9.53 Å². The Hall–Kier alpha value is -1.22. The van der Waals surface area contributed by atoms with Crippen LogP contribution in [0.15, 0.2) is 18.2 Å². The summed E-state index contributed by atoms with van der Waals surface area (Å²) in [5, 5.41) is 2.82. The quantitative estimate of drug-likeness (QED) is 0.813. The number of rotatable bonds is 6. The van der Waals surface area contributed by atoms with Gasteiger partial charge in [0.1, 0.15) is 5.75 Å². The van der Waals surface area contributed by atoms with Gasteiger partial charge in [-0.05, 0) is 37.0 Å². The Morgan fingerprint density at radius 1 is 1.42 bits per heavy atom. The van der Waals surface area contributed by atoms with Crippen LogP contribution in [0.4, 0.5) is 0 Å². The van der Waals surface area contributed by atoms with E-state index < -0.39 is 0 Å². The minimum absolute atomic E-state index is 0.0312. The first-order valence-corrected chi connectivity index (χ1v) is 6.94. The molecule has 4 heteroatoms. The highest BCUT2D eigenvalue weighted by atomic mass is 35.5. The number of methoxy groups -OCH3 is 1. The molecule has 1 unspecified atom stereocenters. The van der Waals surface area contributed by atoms with Crippen LogP contribution >= 0.6 is 11.6 Å². The average molecular weight is 284 g/mol. The summed E-state index contributed by atoms with van der Waals surface area (Å²) in [6.07, 6.45) is 0.888. The van der Waals surface area contributed by atoms with Crippen molar-refractivity contribution in [2.75, 3.05) is 13.7 Å². The van der Waals surface area contributed by atoms with E-state index in [1.807, 2.05) is 13.0 Å². The fourth-order valence-electron chi connectivity index (χ4n) is 1.86. The van der Waals surface area contributed by atoms with Crippen LogP contribution in [0.25, 0.3) is 0 Å². The van der Waals surface area contributed by atoms with Gasteiger partial charge in [0.05, 0.1) is 12.5 Å². The second kappa shape index (κ2) is 7.39. The lowest BCUT2D eigenvalue weighted by atomic mass is 10.1. The van der Waals surface area contributed by atoms with Crippen molar-refractivity contribution in [3.8, 4) is 5.75 Å². The minimum atomic E-state index is -0.118. The number of nitrogens with one attached hydrogen (secondary N) is 1. The van der Waals surface area contributed by atoms with Crippen LogP contribution in [0.3, 0.4) is 0 Å². The summed E-state index contributed by atoms with van der Waals surface area (Å²) in [6, 6.07) is 5.41. The third-order valence-corrected chi connectivity index (χ3v) is 3.21. The van der Waals surface area contributed by atoms with Gasteiger partial charge in [-0.2, -0.15) is 0 Å². The standard InChI is InChI=1S/C15H22ClNO2/c1-10(2)7-13(16)9-17-15(18)12-6-5-11(3)14(8-12)19-4/h5-6,8,10,13H,7,9H2,1-4H3,(H,17,18). The molecule has 0 aliphatic heterocycles. The van der Waals surface area contributed by atoms with Crippen molar-refractivity contribution in [2.24, 2.45) is 5.92 Å². The first-order chi connectivity index (χ1) is 8.93. The topological polar surface area (TPSA) is 38.3 Å². The fraction of sp³-hybridized carbons (Fsp3) is 0.533. The molecule has 1 rings (SSSR count). The number of halogens is 1. The number of aryl methyl sites for hydroxylation is 1. The van der Waals surface area contributed by atoms with E-state index in [9.17, 15) is 4.79 Å². The first kappa shape index (κ1) is 15.8. The van der Waals surface area contributed by atoms with Crippen molar-refractivity contribution in [3.05, 3.63) is 29.3 Å². The molecule has 0 fully saturated rings. The molecular weight excluding hydrogens is 262 g/mol. The normalized spacial score (nSPS) is 12.3. The molecule has 0 saturated heterocycles. The number of benzene rings is 1. The van der Waals surface area contributed by atoms with Gasteiger partial charge in [0.15, 0.2) is 0 Å². The molecular formula is C15H22ClNO2. The third-order valence-electron chi connectivity index (χ3n) is 2.88. The molecule has 0 aromatic heterocycles. The third kappa shape index (κ3) is 5.11. The highest BCUT2D eigenvalue weighted by Gasteiger charge is 2.12. The van der Waals surface area contributed by atoms with Crippen molar-refractivity contribution in [3.63, 3.8) is 0 Å². The predicted octanol–water partition coefficient (Wildman–Crippen LogP) is 3.39. The average Bonchev–Trinajstić information content (AvgIpc) is 2.35. The second-order valence-corrected chi connectivity index (χ2v) is 5.74. The Bertz CT molecular complexity index is 432. The zero-order valence-electron chi connectivity index (χ0n) is 12.0. The lowest BCUT2D eigenvalue weighted by Crippen LogP contribution is -2.30. The van der Waals surface area contributed by atoms with Crippen LogP contribution in [0.5, 0.6) is 5.75 Å². The van der Waals surface area contributed by atoms with Crippen LogP contribution in [0, 0.1) is 12.8 Å². The Morgan fingerprint density at radius 3 is 2.68 bits per heavy atom. The Labute approximate surface area is 120 Å². The number of carbonyl (C=O) groups is 1. The molecule has 19 heavy (non-hydrogen) atoms. The molecule has 0 spiro atoms. The minimum Gasteiger partial charge on any atom is -0.496 e. The van der Waals surface area contributed by atoms with Crippen molar-refractivity contribution in [2.45, 2.75) is 32.6 Å². The summed E-state index contributed by atoms with van der Waals surface area (Å²) in [4.78, 5) is 12.0. The van der Waals surface area contributed by atoms with Gasteiger partial charge in [-0.3, -0.25) is 4.79 Å². The van der Waals surface area contributed by atoms with E-state index in [0.29, 0.717) is 18.0 Å². The first-order valence-electron chi connectivity index (χ1n) is 6.51. The molecule has 106 valence electrons. The predicted molar refractivity (Wildman–Crippen MR) is 79.2 cm³/mol. The number of carbonyl (C=O) groups excluding carboxylic acids is 1. The zero-order chi connectivity index (χ0) is 14.4. The fourth-order valence-corrected chi connectivity index (χ4v) is 2.30. The van der Waals surface area contributed by atoms with Crippen LogP contribution in [-0.2, 0) is 0 Å². The van der Waals surface area contributed by atoms with E-state index in [-0.39, 0.29) is 11.3 Å². The van der Waals surface area contributed by atoms with E-state index in [4.69, 9.17) is 16.3 Å². The van der Waals surface area contributed by atoms with E-state index in [2.05, 4.69) is 19.2 Å². The number of alkyl halides is 1. The van der Waals surface area contributed by atoms with E-state index >= 15 is 0 Å². The molecule has 1 amide bonds. The molecule has 0 heterocycles. The van der Waals surface area contributed by atoms with Crippen LogP contribution in [0.2, 0.25) is 0 Å². The van der Waals surface area contributed by atoms with Gasteiger partial charge >= 0.3 is 0 Å². The van der Waals surface area contributed by atoms with E-state index in [1.165, 1.54) is 0 Å². The van der Waals surface area contributed by atoms with Gasteiger partial charge < -0.3 is 10.1 Å². The smallest absolute Gasteiger partial charge is 0.251 e. The second-order valence-electron chi connectivity index (χ2n) is 5.12. The van der Waals surface area contributed by atoms with Crippen molar-refractivity contribution >= 4 is 17.5 Å². The van der Waals surface area contributed by atoms with Crippen LogP contribution in [-0.4, -0.2) is 24.9 Å². The molecule has 0 aliphatic carbocycles. The highest BCUT2D eigenvalue weighted by molar-refractivity contribution is 6.21. The van der Waals surface area contributed by atoms with Gasteiger partial charge in [-0.1, -0.05) is 19.9 Å². The summed E-state index contributed by atoms with van der Waals surface area (Å²) in [5.74, 6) is 1.13. The molecule has 1 aromatic rings. The number of ether oxygens (including phenoxy) is 1. The molecule has 1 aromatic carbocycles. The van der Waals surface area contributed by atoms with Crippen LogP contribution in [0.1, 0.15) is 36.2 Å². The molecule has 3 nitrogen and oxygen atoms in total. The molecule has 1 atom stereocenters. The maximum atomic E-state index is 12.0. The number of hydrogen-bond acceptors (Lipinski definition) is 2. The van der Waals surface area contributed by atoms with E-state index in [1.54, 1.807) is 19.2 Å². The summed E-state index contributed by atoms with van der Waals surface area (Å²) in [6.45, 7) is 6.65. The lowest BCUT2D eigenvalue weighted by Gasteiger charge is -2.13. The molecule has 0 aliphatic rings. The zero-order valence-corrected chi connectivity index (χ0v) is 12.8. The summed E-state index contributed by atoms with van der Waals surface area (Å²) >= 11 is 6.15. The monoisotopic (exact) mass is 283 g/mol. The summed E-state index contributed by atoms with van der Waals surface area (Å²) in [7, 11) is 1.60. The maximum Gasteiger partial charge on any atom is 0.251 e. The van der Waals surface area contributed by atoms with Crippen molar-refractivity contribution in [1.29, 1.82) is 0 Å². The van der Waals surface area contributed by atoms with E-state index in [0.717, 1.165) is 17.7 Å². The van der Waals surface area contributed by atoms with Gasteiger partial charge in [0.25, 0.3) is 5.91 Å². The Morgan fingerprint density at radius 2 is 2.11 bits per heavy atom. The number of amides is 1. The van der Waals surface area contributed by atoms with Gasteiger partial charge in [0, 0.05) is 12.1 Å². The van der Waals surface area contributed by atoms with Crippen molar-refractivity contribution in [1.82, 2.24) is 5.32 Å². The summed E-state index contributed by atoms with van der Waals surface area (Å²) < 4.78 is 5.21. The molecule has 0 saturated carbocycles. The lowest BCUT2D eigenvalue weighted by molar-refractivity contribution is 0.0952. The SMILES string of the molecule is COc1cc(C(=O)NCC(Cl)CC(C)C)ccc1C. The Balaban J connectivity index is 2.58. The van der Waals surface area contributed by atoms with Crippen LogP contribution < -0.4 is 10.1 Å². The maximum absolute atomic E-state index is 12.0. The molecule has 1 N–H and O–H groups in total.